The van der Waals surface area contributed by atoms with Crippen molar-refractivity contribution >= 4 is 27.0 Å². The van der Waals surface area contributed by atoms with Gasteiger partial charge >= 0.3 is 0 Å². The van der Waals surface area contributed by atoms with Crippen LogP contribution in [0.2, 0.25) is 0 Å². The van der Waals surface area contributed by atoms with Gasteiger partial charge in [0.2, 0.25) is 0 Å². The number of hydrogen-bond donors (Lipinski definition) is 1. The summed E-state index contributed by atoms with van der Waals surface area (Å²) in [6.07, 6.45) is 1.67. The number of fused-ring (bicyclic) bond motifs is 1. The van der Waals surface area contributed by atoms with Crippen molar-refractivity contribution in [3.63, 3.8) is 0 Å². The Balaban J connectivity index is 1.86. The van der Waals surface area contributed by atoms with E-state index in [1.165, 1.54) is 11.3 Å². The number of benzene rings is 1. The van der Waals surface area contributed by atoms with Crippen LogP contribution < -0.4 is 9.46 Å². The Morgan fingerprint density at radius 2 is 2.15 bits per heavy atom. The summed E-state index contributed by atoms with van der Waals surface area (Å²) in [5.74, 6) is 0.845. The van der Waals surface area contributed by atoms with E-state index < -0.39 is 10.0 Å². The van der Waals surface area contributed by atoms with E-state index in [4.69, 9.17) is 4.74 Å². The van der Waals surface area contributed by atoms with Crippen molar-refractivity contribution in [2.24, 2.45) is 0 Å². The van der Waals surface area contributed by atoms with Crippen LogP contribution >= 0.6 is 11.3 Å². The number of nitrogens with one attached hydrogen (secondary N) is 1. The molecule has 0 amide bonds. The Morgan fingerprint density at radius 1 is 1.30 bits per heavy atom. The van der Waals surface area contributed by atoms with Gasteiger partial charge in [0.25, 0.3) is 10.0 Å². The first-order valence-electron chi connectivity index (χ1n) is 6.46. The molecule has 1 aromatic carbocycles. The smallest absolute Gasteiger partial charge is 0.271 e. The minimum absolute atomic E-state index is 0.353. The van der Waals surface area contributed by atoms with Crippen molar-refractivity contribution in [3.05, 3.63) is 40.8 Å². The van der Waals surface area contributed by atoms with Crippen molar-refractivity contribution in [1.29, 1.82) is 0 Å². The summed E-state index contributed by atoms with van der Waals surface area (Å²) in [7, 11) is -3.49. The topological polar surface area (TPSA) is 55.4 Å². The fourth-order valence-corrected chi connectivity index (χ4v) is 4.49. The molecule has 1 aromatic heterocycles. The van der Waals surface area contributed by atoms with Gasteiger partial charge in [0.15, 0.2) is 0 Å². The minimum atomic E-state index is -3.49. The van der Waals surface area contributed by atoms with Gasteiger partial charge in [0.05, 0.1) is 6.61 Å². The third kappa shape index (κ3) is 2.53. The summed E-state index contributed by atoms with van der Waals surface area (Å²) in [5, 5.41) is 0. The van der Waals surface area contributed by atoms with Gasteiger partial charge in [-0.15, -0.1) is 11.3 Å². The van der Waals surface area contributed by atoms with Crippen LogP contribution in [0.25, 0.3) is 0 Å². The third-order valence-corrected chi connectivity index (χ3v) is 6.29. The summed E-state index contributed by atoms with van der Waals surface area (Å²) in [6.45, 7) is 2.67. The highest BCUT2D eigenvalue weighted by atomic mass is 32.2. The van der Waals surface area contributed by atoms with Gasteiger partial charge in [-0.2, -0.15) is 0 Å². The van der Waals surface area contributed by atoms with Crippen LogP contribution in [0.4, 0.5) is 5.69 Å². The van der Waals surface area contributed by atoms with E-state index in [-0.39, 0.29) is 0 Å². The zero-order valence-corrected chi connectivity index (χ0v) is 12.7. The van der Waals surface area contributed by atoms with Crippen molar-refractivity contribution in [1.82, 2.24) is 0 Å². The van der Waals surface area contributed by atoms with E-state index >= 15 is 0 Å². The summed E-state index contributed by atoms with van der Waals surface area (Å²) in [6, 6.07) is 8.90. The second-order valence-corrected chi connectivity index (χ2v) is 7.68. The van der Waals surface area contributed by atoms with E-state index in [9.17, 15) is 8.42 Å². The molecular weight excluding hydrogens is 294 g/mol. The van der Waals surface area contributed by atoms with E-state index in [0.717, 1.165) is 29.0 Å². The van der Waals surface area contributed by atoms with Gasteiger partial charge in [0, 0.05) is 17.0 Å². The molecule has 0 radical (unpaired) electrons. The number of hydrogen-bond acceptors (Lipinski definition) is 4. The van der Waals surface area contributed by atoms with Gasteiger partial charge in [-0.3, -0.25) is 4.72 Å². The number of anilines is 1. The van der Waals surface area contributed by atoms with Crippen LogP contribution in [0.1, 0.15) is 17.4 Å². The summed E-state index contributed by atoms with van der Waals surface area (Å²) in [5.41, 5.74) is 1.63. The number of aryl methyl sites for hydroxylation is 1. The standard InChI is InChI=1S/C14H15NO3S2/c1-2-12-4-6-14(19-12)20(16,17)15-11-3-5-13-10(9-11)7-8-18-13/h3-6,9,15H,2,7-8H2,1H3. The van der Waals surface area contributed by atoms with Gasteiger partial charge in [-0.25, -0.2) is 8.42 Å². The van der Waals surface area contributed by atoms with Crippen molar-refractivity contribution in [2.45, 2.75) is 24.0 Å². The fourth-order valence-electron chi connectivity index (χ4n) is 2.15. The molecule has 20 heavy (non-hydrogen) atoms. The molecule has 0 unspecified atom stereocenters. The second kappa shape index (κ2) is 5.10. The number of rotatable bonds is 4. The highest BCUT2D eigenvalue weighted by Crippen LogP contribution is 2.30. The summed E-state index contributed by atoms with van der Waals surface area (Å²) < 4.78 is 33.0. The third-order valence-electron chi connectivity index (χ3n) is 3.19. The van der Waals surface area contributed by atoms with Crippen LogP contribution in [-0.2, 0) is 22.9 Å². The molecule has 0 saturated heterocycles. The van der Waals surface area contributed by atoms with Crippen LogP contribution in [0.5, 0.6) is 5.75 Å². The second-order valence-electron chi connectivity index (χ2n) is 4.60. The first kappa shape index (κ1) is 13.5. The Hall–Kier alpha value is -1.53. The molecular formula is C14H15NO3S2. The van der Waals surface area contributed by atoms with Gasteiger partial charge in [-0.05, 0) is 42.3 Å². The average molecular weight is 309 g/mol. The maximum Gasteiger partial charge on any atom is 0.271 e. The van der Waals surface area contributed by atoms with E-state index in [0.29, 0.717) is 16.5 Å². The molecule has 0 spiro atoms. The lowest BCUT2D eigenvalue weighted by Crippen LogP contribution is -2.11. The number of ether oxygens (including phenoxy) is 1. The molecule has 1 N–H and O–H groups in total. The zero-order valence-electron chi connectivity index (χ0n) is 11.0. The van der Waals surface area contributed by atoms with Crippen LogP contribution in [0.15, 0.2) is 34.5 Å². The molecule has 2 aromatic rings. The average Bonchev–Trinajstić information content (AvgIpc) is 3.06. The monoisotopic (exact) mass is 309 g/mol. The minimum Gasteiger partial charge on any atom is -0.493 e. The molecule has 0 aliphatic carbocycles. The van der Waals surface area contributed by atoms with Crippen LogP contribution in [-0.4, -0.2) is 15.0 Å². The molecule has 106 valence electrons. The predicted octanol–water partition coefficient (Wildman–Crippen LogP) is 3.05. The SMILES string of the molecule is CCc1ccc(S(=O)(=O)Nc2ccc3c(c2)CCO3)s1. The quantitative estimate of drug-likeness (QED) is 0.944. The molecule has 3 rings (SSSR count). The maximum atomic E-state index is 12.3. The predicted molar refractivity (Wildman–Crippen MR) is 80.1 cm³/mol. The molecule has 0 fully saturated rings. The lowest BCUT2D eigenvalue weighted by molar-refractivity contribution is 0.357. The van der Waals surface area contributed by atoms with E-state index in [1.807, 2.05) is 25.1 Å². The number of sulfonamides is 1. The van der Waals surface area contributed by atoms with Crippen LogP contribution in [0.3, 0.4) is 0 Å². The lowest BCUT2D eigenvalue weighted by Gasteiger charge is -2.07. The highest BCUT2D eigenvalue weighted by Gasteiger charge is 2.18. The zero-order chi connectivity index (χ0) is 14.2. The largest absolute Gasteiger partial charge is 0.493 e. The molecule has 0 saturated carbocycles. The van der Waals surface area contributed by atoms with Gasteiger partial charge in [-0.1, -0.05) is 6.92 Å². The molecule has 0 atom stereocenters. The van der Waals surface area contributed by atoms with Crippen LogP contribution in [0, 0.1) is 0 Å². The number of thiophene rings is 1. The molecule has 2 heterocycles. The molecule has 6 heteroatoms. The first-order chi connectivity index (χ1) is 9.58. The summed E-state index contributed by atoms with van der Waals surface area (Å²) in [4.78, 5) is 1.06. The highest BCUT2D eigenvalue weighted by molar-refractivity contribution is 7.94. The van der Waals surface area contributed by atoms with E-state index in [1.54, 1.807) is 12.1 Å². The van der Waals surface area contributed by atoms with Crippen molar-refractivity contribution in [3.8, 4) is 5.75 Å². The molecule has 1 aliphatic heterocycles. The van der Waals surface area contributed by atoms with Crippen molar-refractivity contribution < 1.29 is 13.2 Å². The molecule has 1 aliphatic rings. The first-order valence-corrected chi connectivity index (χ1v) is 8.76. The van der Waals surface area contributed by atoms with Gasteiger partial charge in [0.1, 0.15) is 9.96 Å². The van der Waals surface area contributed by atoms with Crippen molar-refractivity contribution in [2.75, 3.05) is 11.3 Å². The fraction of sp³-hybridized carbons (Fsp3) is 0.286. The molecule has 4 nitrogen and oxygen atoms in total. The maximum absolute atomic E-state index is 12.3. The van der Waals surface area contributed by atoms with E-state index in [2.05, 4.69) is 4.72 Å². The normalized spacial score (nSPS) is 13.8. The lowest BCUT2D eigenvalue weighted by atomic mass is 10.1. The van der Waals surface area contributed by atoms with Gasteiger partial charge < -0.3 is 4.74 Å². The Bertz CT molecular complexity index is 735. The Kier molecular flexibility index (Phi) is 3.43. The summed E-state index contributed by atoms with van der Waals surface area (Å²) >= 11 is 1.31. The Labute approximate surface area is 122 Å². The molecule has 0 bridgehead atoms. The Morgan fingerprint density at radius 3 is 2.90 bits per heavy atom.